The molecule has 0 aliphatic carbocycles. The number of aliphatic hydroxyl groups excluding tert-OH is 1. The lowest BCUT2D eigenvalue weighted by Gasteiger charge is -2.21. The summed E-state index contributed by atoms with van der Waals surface area (Å²) in [6, 6.07) is 0. The summed E-state index contributed by atoms with van der Waals surface area (Å²) in [5.41, 5.74) is 2.85. The van der Waals surface area contributed by atoms with Gasteiger partial charge >= 0.3 is 0 Å². The number of methoxy groups -OCH3 is 1. The van der Waals surface area contributed by atoms with E-state index >= 15 is 0 Å². The Morgan fingerprint density at radius 2 is 2.11 bits per heavy atom. The van der Waals surface area contributed by atoms with Gasteiger partial charge in [0.05, 0.1) is 25.3 Å². The van der Waals surface area contributed by atoms with Crippen LogP contribution < -0.4 is 0 Å². The van der Waals surface area contributed by atoms with Crippen molar-refractivity contribution in [3.63, 3.8) is 0 Å². The largest absolute Gasteiger partial charge is 0.395 e. The lowest BCUT2D eigenvalue weighted by Crippen LogP contribution is -2.37. The van der Waals surface area contributed by atoms with Gasteiger partial charge in [-0.1, -0.05) is 0 Å². The number of nitrogens with zero attached hydrogens (tertiary/aromatic N) is 3. The van der Waals surface area contributed by atoms with Crippen LogP contribution in [0.4, 0.5) is 0 Å². The van der Waals surface area contributed by atoms with Gasteiger partial charge in [0.15, 0.2) is 0 Å². The van der Waals surface area contributed by atoms with Crippen LogP contribution >= 0.6 is 0 Å². The molecule has 0 aliphatic heterocycles. The number of aryl methyl sites for hydroxylation is 2. The van der Waals surface area contributed by atoms with E-state index in [-0.39, 0.29) is 12.5 Å². The molecule has 1 rings (SSSR count). The molecule has 0 radical (unpaired) electrons. The Labute approximate surface area is 114 Å². The molecule has 0 fully saturated rings. The molecule has 6 heteroatoms. The van der Waals surface area contributed by atoms with Gasteiger partial charge < -0.3 is 14.7 Å². The average molecular weight is 269 g/mol. The quantitative estimate of drug-likeness (QED) is 0.759. The van der Waals surface area contributed by atoms with Crippen LogP contribution in [-0.2, 0) is 23.0 Å². The lowest BCUT2D eigenvalue weighted by atomic mass is 10.1. The van der Waals surface area contributed by atoms with E-state index in [1.807, 2.05) is 20.9 Å². The Bertz CT molecular complexity index is 429. The molecule has 1 amide bonds. The van der Waals surface area contributed by atoms with Gasteiger partial charge in [0.2, 0.25) is 5.91 Å². The zero-order chi connectivity index (χ0) is 14.4. The first-order valence-corrected chi connectivity index (χ1v) is 6.37. The minimum Gasteiger partial charge on any atom is -0.395 e. The average Bonchev–Trinajstić information content (AvgIpc) is 2.61. The van der Waals surface area contributed by atoms with Crippen molar-refractivity contribution >= 4 is 5.91 Å². The van der Waals surface area contributed by atoms with Gasteiger partial charge in [0.1, 0.15) is 0 Å². The number of rotatable bonds is 7. The highest BCUT2D eigenvalue weighted by Crippen LogP contribution is 2.13. The summed E-state index contributed by atoms with van der Waals surface area (Å²) in [5, 5.41) is 13.3. The van der Waals surface area contributed by atoms with Crippen molar-refractivity contribution in [3.8, 4) is 0 Å². The topological polar surface area (TPSA) is 67.6 Å². The number of aliphatic hydroxyl groups is 1. The van der Waals surface area contributed by atoms with E-state index in [2.05, 4.69) is 5.10 Å². The fourth-order valence-electron chi connectivity index (χ4n) is 2.02. The summed E-state index contributed by atoms with van der Waals surface area (Å²) >= 11 is 0. The third kappa shape index (κ3) is 4.04. The SMILES string of the molecule is COCCN(CCO)C(=O)Cc1c(C)nn(C)c1C. The summed E-state index contributed by atoms with van der Waals surface area (Å²) in [4.78, 5) is 13.9. The standard InChI is InChI=1S/C13H23N3O3/c1-10-12(11(2)15(3)14-10)9-13(18)16(5-7-17)6-8-19-4/h17H,5-9H2,1-4H3. The van der Waals surface area contributed by atoms with Gasteiger partial charge in [-0.2, -0.15) is 5.10 Å². The minimum absolute atomic E-state index is 0.00898. The first-order valence-electron chi connectivity index (χ1n) is 6.37. The lowest BCUT2D eigenvalue weighted by molar-refractivity contribution is -0.131. The number of ether oxygens (including phenoxy) is 1. The highest BCUT2D eigenvalue weighted by Gasteiger charge is 2.18. The predicted molar refractivity (Wildman–Crippen MR) is 71.9 cm³/mol. The number of carbonyl (C=O) groups excluding carboxylic acids is 1. The van der Waals surface area contributed by atoms with Gasteiger partial charge in [0, 0.05) is 38.5 Å². The number of amides is 1. The Morgan fingerprint density at radius 3 is 2.58 bits per heavy atom. The number of hydrogen-bond acceptors (Lipinski definition) is 4. The van der Waals surface area contributed by atoms with Gasteiger partial charge in [-0.15, -0.1) is 0 Å². The zero-order valence-electron chi connectivity index (χ0n) is 12.1. The van der Waals surface area contributed by atoms with Crippen LogP contribution in [0.1, 0.15) is 17.0 Å². The first-order chi connectivity index (χ1) is 9.01. The molecule has 0 saturated heterocycles. The smallest absolute Gasteiger partial charge is 0.227 e. The second kappa shape index (κ2) is 7.25. The monoisotopic (exact) mass is 269 g/mol. The van der Waals surface area contributed by atoms with Gasteiger partial charge in [0.25, 0.3) is 0 Å². The van der Waals surface area contributed by atoms with Crippen LogP contribution in [0.25, 0.3) is 0 Å². The third-order valence-corrected chi connectivity index (χ3v) is 3.27. The Kier molecular flexibility index (Phi) is 5.98. The Hall–Kier alpha value is -1.40. The van der Waals surface area contributed by atoms with Crippen LogP contribution in [0.5, 0.6) is 0 Å². The maximum absolute atomic E-state index is 12.2. The molecule has 19 heavy (non-hydrogen) atoms. The van der Waals surface area contributed by atoms with Crippen molar-refractivity contribution in [2.45, 2.75) is 20.3 Å². The van der Waals surface area contributed by atoms with E-state index < -0.39 is 0 Å². The highest BCUT2D eigenvalue weighted by atomic mass is 16.5. The second-order valence-electron chi connectivity index (χ2n) is 4.55. The molecule has 0 spiro atoms. The third-order valence-electron chi connectivity index (χ3n) is 3.27. The number of hydrogen-bond donors (Lipinski definition) is 1. The van der Waals surface area contributed by atoms with Crippen LogP contribution in [0, 0.1) is 13.8 Å². The maximum Gasteiger partial charge on any atom is 0.227 e. The van der Waals surface area contributed by atoms with Crippen LogP contribution in [0.3, 0.4) is 0 Å². The van der Waals surface area contributed by atoms with E-state index in [9.17, 15) is 4.79 Å². The Balaban J connectivity index is 2.75. The van der Waals surface area contributed by atoms with Crippen LogP contribution in [0.15, 0.2) is 0 Å². The zero-order valence-corrected chi connectivity index (χ0v) is 12.1. The van der Waals surface area contributed by atoms with Crippen molar-refractivity contribution in [1.29, 1.82) is 0 Å². The Morgan fingerprint density at radius 1 is 1.42 bits per heavy atom. The molecule has 1 N–H and O–H groups in total. The predicted octanol–water partition coefficient (Wildman–Crippen LogP) is 0.0467. The molecule has 0 bridgehead atoms. The fourth-order valence-corrected chi connectivity index (χ4v) is 2.02. The molecule has 6 nitrogen and oxygen atoms in total. The number of carbonyl (C=O) groups is 1. The molecule has 108 valence electrons. The van der Waals surface area contributed by atoms with Gasteiger partial charge in [-0.25, -0.2) is 0 Å². The summed E-state index contributed by atoms with van der Waals surface area (Å²) in [6.45, 7) is 5.11. The summed E-state index contributed by atoms with van der Waals surface area (Å²) in [5.74, 6) is -0.00898. The van der Waals surface area contributed by atoms with E-state index in [0.717, 1.165) is 17.0 Å². The molecular weight excluding hydrogens is 246 g/mol. The summed E-state index contributed by atoms with van der Waals surface area (Å²) in [6.07, 6.45) is 0.315. The molecule has 1 heterocycles. The highest BCUT2D eigenvalue weighted by molar-refractivity contribution is 5.79. The van der Waals surface area contributed by atoms with Crippen molar-refractivity contribution in [2.75, 3.05) is 33.4 Å². The fraction of sp³-hybridized carbons (Fsp3) is 0.692. The molecule has 0 saturated carbocycles. The molecule has 1 aromatic rings. The molecule has 0 aliphatic rings. The molecular formula is C13H23N3O3. The summed E-state index contributed by atoms with van der Waals surface area (Å²) < 4.78 is 6.76. The normalized spacial score (nSPS) is 10.8. The van der Waals surface area contributed by atoms with E-state index in [1.165, 1.54) is 0 Å². The van der Waals surface area contributed by atoms with Gasteiger partial charge in [-0.3, -0.25) is 9.48 Å². The molecule has 0 aromatic carbocycles. The molecule has 0 unspecified atom stereocenters. The van der Waals surface area contributed by atoms with Crippen LogP contribution in [0.2, 0.25) is 0 Å². The number of aromatic nitrogens is 2. The summed E-state index contributed by atoms with van der Waals surface area (Å²) in [7, 11) is 3.46. The van der Waals surface area contributed by atoms with Crippen molar-refractivity contribution in [3.05, 3.63) is 17.0 Å². The first kappa shape index (κ1) is 15.7. The second-order valence-corrected chi connectivity index (χ2v) is 4.55. The van der Waals surface area contributed by atoms with Crippen molar-refractivity contribution < 1.29 is 14.6 Å². The van der Waals surface area contributed by atoms with E-state index in [4.69, 9.17) is 9.84 Å². The minimum atomic E-state index is -0.0412. The van der Waals surface area contributed by atoms with Crippen LogP contribution in [-0.4, -0.2) is 59.1 Å². The molecule has 0 atom stereocenters. The van der Waals surface area contributed by atoms with E-state index in [1.54, 1.807) is 16.7 Å². The van der Waals surface area contributed by atoms with Gasteiger partial charge in [-0.05, 0) is 13.8 Å². The van der Waals surface area contributed by atoms with E-state index in [0.29, 0.717) is 26.1 Å². The maximum atomic E-state index is 12.2. The molecule has 1 aromatic heterocycles. The van der Waals surface area contributed by atoms with Crippen molar-refractivity contribution in [2.24, 2.45) is 7.05 Å². The van der Waals surface area contributed by atoms with Crippen molar-refractivity contribution in [1.82, 2.24) is 14.7 Å².